The van der Waals surface area contributed by atoms with Gasteiger partial charge >= 0.3 is 0 Å². The summed E-state index contributed by atoms with van der Waals surface area (Å²) in [7, 11) is 0. The number of pyridine rings is 1. The number of para-hydroxylation sites is 1. The molecule has 0 radical (unpaired) electrons. The fourth-order valence-electron chi connectivity index (χ4n) is 4.15. The van der Waals surface area contributed by atoms with Crippen LogP contribution < -0.4 is 5.32 Å². The molecule has 0 bridgehead atoms. The van der Waals surface area contributed by atoms with Gasteiger partial charge in [0.15, 0.2) is 5.65 Å². The predicted molar refractivity (Wildman–Crippen MR) is 119 cm³/mol. The van der Waals surface area contributed by atoms with E-state index in [0.29, 0.717) is 11.5 Å². The van der Waals surface area contributed by atoms with E-state index in [2.05, 4.69) is 10.4 Å². The maximum Gasteiger partial charge on any atom is 0.252 e. The number of nitrogens with zero attached hydrogens (tertiary/aromatic N) is 5. The standard InChI is InChI=1S/C24H26N6O/c1-4-29-21(12-13-25-29)15(2)26-24(31)19-14-20(17-10-11-17)27-23-22(19)16(3)28-30(23)18-8-6-5-7-9-18/h5-9,12-15,17H,4,10-11H2,1-3H3,(H,26,31)/t15-/m1/s1. The largest absolute Gasteiger partial charge is 0.344 e. The van der Waals surface area contributed by atoms with Crippen LogP contribution in [0.3, 0.4) is 0 Å². The van der Waals surface area contributed by atoms with Crippen LogP contribution in [-0.2, 0) is 6.54 Å². The van der Waals surface area contributed by atoms with Crippen LogP contribution >= 0.6 is 0 Å². The predicted octanol–water partition coefficient (Wildman–Crippen LogP) is 4.31. The number of carbonyl (C=O) groups is 1. The van der Waals surface area contributed by atoms with Crippen molar-refractivity contribution < 1.29 is 4.79 Å². The highest BCUT2D eigenvalue weighted by Gasteiger charge is 2.29. The van der Waals surface area contributed by atoms with E-state index in [1.54, 1.807) is 6.20 Å². The molecule has 158 valence electrons. The minimum absolute atomic E-state index is 0.110. The molecule has 1 amide bonds. The van der Waals surface area contributed by atoms with Crippen LogP contribution in [0.1, 0.15) is 66.1 Å². The Morgan fingerprint density at radius 1 is 1.23 bits per heavy atom. The molecule has 1 N–H and O–H groups in total. The van der Waals surface area contributed by atoms with Crippen LogP contribution in [0, 0.1) is 6.92 Å². The molecule has 0 unspecified atom stereocenters. The second kappa shape index (κ2) is 7.65. The van der Waals surface area contributed by atoms with Gasteiger partial charge in [-0.2, -0.15) is 10.2 Å². The second-order valence-electron chi connectivity index (χ2n) is 8.17. The monoisotopic (exact) mass is 414 g/mol. The summed E-state index contributed by atoms with van der Waals surface area (Å²) in [6.45, 7) is 6.73. The molecule has 5 rings (SSSR count). The number of fused-ring (bicyclic) bond motifs is 1. The zero-order valence-electron chi connectivity index (χ0n) is 18.0. The molecule has 1 aliphatic rings. The fourth-order valence-corrected chi connectivity index (χ4v) is 4.15. The van der Waals surface area contributed by atoms with E-state index in [1.807, 2.05) is 72.6 Å². The van der Waals surface area contributed by atoms with Crippen LogP contribution in [0.5, 0.6) is 0 Å². The summed E-state index contributed by atoms with van der Waals surface area (Å²) in [5.41, 5.74) is 5.07. The van der Waals surface area contributed by atoms with Crippen molar-refractivity contribution in [3.8, 4) is 5.69 Å². The summed E-state index contributed by atoms with van der Waals surface area (Å²) in [4.78, 5) is 18.4. The Hall–Kier alpha value is -3.48. The summed E-state index contributed by atoms with van der Waals surface area (Å²) < 4.78 is 3.75. The molecule has 0 aliphatic heterocycles. The average molecular weight is 415 g/mol. The van der Waals surface area contributed by atoms with Crippen molar-refractivity contribution in [2.24, 2.45) is 0 Å². The summed E-state index contributed by atoms with van der Waals surface area (Å²) >= 11 is 0. The quantitative estimate of drug-likeness (QED) is 0.510. The van der Waals surface area contributed by atoms with E-state index < -0.39 is 0 Å². The highest BCUT2D eigenvalue weighted by atomic mass is 16.1. The molecular formula is C24H26N6O. The van der Waals surface area contributed by atoms with Gasteiger partial charge in [-0.15, -0.1) is 0 Å². The van der Waals surface area contributed by atoms with E-state index in [-0.39, 0.29) is 11.9 Å². The van der Waals surface area contributed by atoms with Gasteiger partial charge in [0.1, 0.15) is 0 Å². The Morgan fingerprint density at radius 3 is 2.71 bits per heavy atom. The van der Waals surface area contributed by atoms with Gasteiger partial charge in [0, 0.05) is 24.4 Å². The van der Waals surface area contributed by atoms with Crippen molar-refractivity contribution in [3.05, 3.63) is 71.3 Å². The third-order valence-electron chi connectivity index (χ3n) is 5.91. The molecule has 4 aromatic rings. The van der Waals surface area contributed by atoms with Crippen molar-refractivity contribution in [3.63, 3.8) is 0 Å². The average Bonchev–Trinajstić information content (AvgIpc) is 3.43. The van der Waals surface area contributed by atoms with Crippen molar-refractivity contribution in [2.45, 2.75) is 52.1 Å². The number of carbonyl (C=O) groups excluding carboxylic acids is 1. The SMILES string of the molecule is CCn1nccc1[C@@H](C)NC(=O)c1cc(C2CC2)nc2c1c(C)nn2-c1ccccc1. The second-order valence-corrected chi connectivity index (χ2v) is 8.17. The molecule has 1 atom stereocenters. The number of nitrogens with one attached hydrogen (secondary N) is 1. The highest BCUT2D eigenvalue weighted by molar-refractivity contribution is 6.07. The summed E-state index contributed by atoms with van der Waals surface area (Å²) in [6, 6.07) is 13.7. The smallest absolute Gasteiger partial charge is 0.252 e. The first-order chi connectivity index (χ1) is 15.1. The number of aryl methyl sites for hydroxylation is 2. The first-order valence-corrected chi connectivity index (χ1v) is 10.8. The van der Waals surface area contributed by atoms with Crippen molar-refractivity contribution in [1.82, 2.24) is 29.9 Å². The minimum Gasteiger partial charge on any atom is -0.344 e. The van der Waals surface area contributed by atoms with Gasteiger partial charge in [0.05, 0.1) is 34.1 Å². The Bertz CT molecular complexity index is 1250. The van der Waals surface area contributed by atoms with Gasteiger partial charge in [0.2, 0.25) is 0 Å². The van der Waals surface area contributed by atoms with Crippen LogP contribution in [0.25, 0.3) is 16.7 Å². The number of rotatable bonds is 6. The molecular weight excluding hydrogens is 388 g/mol. The number of amides is 1. The molecule has 31 heavy (non-hydrogen) atoms. The Labute approximate surface area is 181 Å². The van der Waals surface area contributed by atoms with Gasteiger partial charge in [0.25, 0.3) is 5.91 Å². The first kappa shape index (κ1) is 19.5. The maximum atomic E-state index is 13.5. The van der Waals surface area contributed by atoms with Gasteiger partial charge in [-0.25, -0.2) is 9.67 Å². The summed E-state index contributed by atoms with van der Waals surface area (Å²) in [6.07, 6.45) is 4.00. The third-order valence-corrected chi connectivity index (χ3v) is 5.91. The lowest BCUT2D eigenvalue weighted by molar-refractivity contribution is 0.0939. The fraction of sp³-hybridized carbons (Fsp3) is 0.333. The minimum atomic E-state index is -0.160. The van der Waals surface area contributed by atoms with Crippen molar-refractivity contribution in [1.29, 1.82) is 0 Å². The lowest BCUT2D eigenvalue weighted by atomic mass is 10.1. The molecule has 0 saturated heterocycles. The lowest BCUT2D eigenvalue weighted by Crippen LogP contribution is -2.28. The zero-order chi connectivity index (χ0) is 21.5. The topological polar surface area (TPSA) is 77.6 Å². The summed E-state index contributed by atoms with van der Waals surface area (Å²) in [5.74, 6) is 0.315. The van der Waals surface area contributed by atoms with E-state index in [4.69, 9.17) is 10.1 Å². The lowest BCUT2D eigenvalue weighted by Gasteiger charge is -2.16. The molecule has 3 aromatic heterocycles. The van der Waals surface area contributed by atoms with Crippen LogP contribution in [0.15, 0.2) is 48.7 Å². The van der Waals surface area contributed by atoms with E-state index in [0.717, 1.165) is 53.2 Å². The van der Waals surface area contributed by atoms with Crippen molar-refractivity contribution >= 4 is 16.9 Å². The molecule has 7 nitrogen and oxygen atoms in total. The molecule has 1 aromatic carbocycles. The Kier molecular flexibility index (Phi) is 4.81. The van der Waals surface area contributed by atoms with Gasteiger partial charge < -0.3 is 5.32 Å². The third kappa shape index (κ3) is 3.50. The van der Waals surface area contributed by atoms with Crippen LogP contribution in [0.2, 0.25) is 0 Å². The first-order valence-electron chi connectivity index (χ1n) is 10.8. The molecule has 7 heteroatoms. The van der Waals surface area contributed by atoms with E-state index in [1.165, 1.54) is 0 Å². The highest BCUT2D eigenvalue weighted by Crippen LogP contribution is 2.40. The van der Waals surface area contributed by atoms with Crippen LogP contribution in [0.4, 0.5) is 0 Å². The molecule has 3 heterocycles. The van der Waals surface area contributed by atoms with Gasteiger partial charge in [-0.05, 0) is 57.9 Å². The zero-order valence-corrected chi connectivity index (χ0v) is 18.0. The van der Waals surface area contributed by atoms with E-state index >= 15 is 0 Å². The number of benzene rings is 1. The molecule has 1 aliphatic carbocycles. The Morgan fingerprint density at radius 2 is 2.00 bits per heavy atom. The summed E-state index contributed by atoms with van der Waals surface area (Å²) in [5, 5.41) is 13.0. The molecule has 0 spiro atoms. The van der Waals surface area contributed by atoms with E-state index in [9.17, 15) is 4.79 Å². The number of hydrogen-bond donors (Lipinski definition) is 1. The maximum absolute atomic E-state index is 13.5. The van der Waals surface area contributed by atoms with Gasteiger partial charge in [-0.3, -0.25) is 9.48 Å². The Balaban J connectivity index is 1.59. The number of aromatic nitrogens is 5. The molecule has 1 saturated carbocycles. The van der Waals surface area contributed by atoms with Crippen LogP contribution in [-0.4, -0.2) is 30.5 Å². The molecule has 1 fully saturated rings. The normalized spacial score (nSPS) is 14.7. The number of hydrogen-bond acceptors (Lipinski definition) is 4. The van der Waals surface area contributed by atoms with Gasteiger partial charge in [-0.1, -0.05) is 18.2 Å². The van der Waals surface area contributed by atoms with Crippen molar-refractivity contribution in [2.75, 3.05) is 0 Å².